The van der Waals surface area contributed by atoms with Crippen molar-refractivity contribution in [1.29, 1.82) is 0 Å². The zero-order valence-corrected chi connectivity index (χ0v) is 16.0. The van der Waals surface area contributed by atoms with E-state index in [-0.39, 0.29) is 19.8 Å². The normalized spacial score (nSPS) is 26.2. The lowest BCUT2D eigenvalue weighted by Crippen LogP contribution is -2.28. The average Bonchev–Trinajstić information content (AvgIpc) is 2.92. The molecule has 0 radical (unpaired) electrons. The minimum Gasteiger partial charge on any atom is -0.373 e. The van der Waals surface area contributed by atoms with Crippen molar-refractivity contribution >= 4 is 15.6 Å². The van der Waals surface area contributed by atoms with Gasteiger partial charge in [0.1, 0.15) is 12.2 Å². The summed E-state index contributed by atoms with van der Waals surface area (Å²) in [6, 6.07) is 0. The fourth-order valence-corrected chi connectivity index (χ4v) is 3.73. The number of phosphoric ester groups is 2. The average molecular weight is 390 g/mol. The summed E-state index contributed by atoms with van der Waals surface area (Å²) in [4.78, 5) is 19.2. The first-order chi connectivity index (χ1) is 11.3. The maximum absolute atomic E-state index is 11.9. The summed E-state index contributed by atoms with van der Waals surface area (Å²) in [5.74, 6) is 0. The summed E-state index contributed by atoms with van der Waals surface area (Å²) in [6.07, 6.45) is 1.81. The molecule has 1 saturated heterocycles. The molecular weight excluding hydrogens is 362 g/mol. The third-order valence-electron chi connectivity index (χ3n) is 3.32. The van der Waals surface area contributed by atoms with Gasteiger partial charge in [-0.2, -0.15) is 0 Å². The first-order valence-electron chi connectivity index (χ1n) is 8.19. The van der Waals surface area contributed by atoms with Crippen molar-refractivity contribution in [2.24, 2.45) is 0 Å². The standard InChI is InChI=1S/C13H28O9P2/c1-3-5-8-19-23(14,15)21-11-13-12(7-10-18-13)22-24(16,17)20-9-6-4-2/h12-13H,3-11H2,1-2H3,(H,14,15)(H,16,17)/t12-,13-/m1/s1. The van der Waals surface area contributed by atoms with Crippen LogP contribution in [0.5, 0.6) is 0 Å². The molecule has 0 bridgehead atoms. The van der Waals surface area contributed by atoms with Crippen LogP contribution < -0.4 is 0 Å². The predicted octanol–water partition coefficient (Wildman–Crippen LogP) is 3.01. The molecule has 1 heterocycles. The lowest BCUT2D eigenvalue weighted by molar-refractivity contribution is -0.00332. The minimum absolute atomic E-state index is 0.118. The molecule has 2 N–H and O–H groups in total. The van der Waals surface area contributed by atoms with E-state index in [1.165, 1.54) is 0 Å². The first-order valence-corrected chi connectivity index (χ1v) is 11.2. The summed E-state index contributed by atoms with van der Waals surface area (Å²) in [5.41, 5.74) is 0. The van der Waals surface area contributed by atoms with E-state index < -0.39 is 27.9 Å². The second-order valence-corrected chi connectivity index (χ2v) is 8.31. The Bertz CT molecular complexity index is 445. The first kappa shape index (κ1) is 22.2. The van der Waals surface area contributed by atoms with E-state index in [0.717, 1.165) is 12.8 Å². The molecule has 1 fully saturated rings. The molecular formula is C13H28O9P2. The number of ether oxygens (including phenoxy) is 1. The highest BCUT2D eigenvalue weighted by Crippen LogP contribution is 2.48. The van der Waals surface area contributed by atoms with Gasteiger partial charge in [0.2, 0.25) is 0 Å². The fraction of sp³-hybridized carbons (Fsp3) is 1.00. The third-order valence-corrected chi connectivity index (χ3v) is 5.35. The van der Waals surface area contributed by atoms with Crippen molar-refractivity contribution in [2.75, 3.05) is 26.4 Å². The molecule has 4 atom stereocenters. The summed E-state index contributed by atoms with van der Waals surface area (Å²) in [6.45, 7) is 4.11. The summed E-state index contributed by atoms with van der Waals surface area (Å²) in [7, 11) is -8.37. The fourth-order valence-electron chi connectivity index (χ4n) is 1.96. The van der Waals surface area contributed by atoms with Crippen LogP contribution in [0.1, 0.15) is 46.0 Å². The molecule has 9 nitrogen and oxygen atoms in total. The van der Waals surface area contributed by atoms with Gasteiger partial charge in [0.25, 0.3) is 0 Å². The van der Waals surface area contributed by atoms with Crippen LogP contribution in [0.15, 0.2) is 0 Å². The van der Waals surface area contributed by atoms with E-state index in [4.69, 9.17) is 22.8 Å². The minimum atomic E-state index is -4.19. The van der Waals surface area contributed by atoms with Gasteiger partial charge in [0, 0.05) is 13.0 Å². The highest BCUT2D eigenvalue weighted by molar-refractivity contribution is 7.47. The number of phosphoric acid groups is 2. The van der Waals surface area contributed by atoms with Gasteiger partial charge in [0.15, 0.2) is 0 Å². The molecule has 0 aromatic heterocycles. The Morgan fingerprint density at radius 3 is 2.17 bits per heavy atom. The molecule has 0 amide bonds. The van der Waals surface area contributed by atoms with Crippen LogP contribution in [0, 0.1) is 0 Å². The van der Waals surface area contributed by atoms with Crippen LogP contribution in [-0.2, 0) is 32.0 Å². The lowest BCUT2D eigenvalue weighted by atomic mass is 10.2. The van der Waals surface area contributed by atoms with Crippen molar-refractivity contribution in [1.82, 2.24) is 0 Å². The van der Waals surface area contributed by atoms with Gasteiger partial charge in [-0.3, -0.25) is 18.1 Å². The van der Waals surface area contributed by atoms with E-state index in [0.29, 0.717) is 25.9 Å². The van der Waals surface area contributed by atoms with E-state index in [1.807, 2.05) is 13.8 Å². The molecule has 2 unspecified atom stereocenters. The van der Waals surface area contributed by atoms with Crippen molar-refractivity contribution in [2.45, 2.75) is 58.2 Å². The number of hydrogen-bond acceptors (Lipinski definition) is 7. The maximum atomic E-state index is 11.9. The zero-order valence-electron chi connectivity index (χ0n) is 14.2. The van der Waals surface area contributed by atoms with Crippen LogP contribution >= 0.6 is 15.6 Å². The second kappa shape index (κ2) is 11.0. The topological polar surface area (TPSA) is 121 Å². The van der Waals surface area contributed by atoms with Crippen LogP contribution in [0.4, 0.5) is 0 Å². The Labute approximate surface area is 142 Å². The molecule has 24 heavy (non-hydrogen) atoms. The zero-order chi connectivity index (χ0) is 18.1. The molecule has 0 aromatic carbocycles. The Balaban J connectivity index is 2.42. The quantitative estimate of drug-likeness (QED) is 0.361. The molecule has 1 rings (SSSR count). The van der Waals surface area contributed by atoms with Gasteiger partial charge in [-0.15, -0.1) is 0 Å². The summed E-state index contributed by atoms with van der Waals surface area (Å²) in [5, 5.41) is 0. The SMILES string of the molecule is CCCCOP(=O)(O)OC[C@H]1OCC[C@H]1OP(=O)(O)OCCCC. The Kier molecular flexibility index (Phi) is 10.2. The second-order valence-electron chi connectivity index (χ2n) is 5.45. The maximum Gasteiger partial charge on any atom is 0.472 e. The molecule has 11 heteroatoms. The van der Waals surface area contributed by atoms with Gasteiger partial charge in [0.05, 0.1) is 19.8 Å². The van der Waals surface area contributed by atoms with Gasteiger partial charge < -0.3 is 14.5 Å². The smallest absolute Gasteiger partial charge is 0.373 e. The highest BCUT2D eigenvalue weighted by atomic mass is 31.2. The van der Waals surface area contributed by atoms with Crippen LogP contribution in [0.2, 0.25) is 0 Å². The molecule has 0 saturated carbocycles. The number of rotatable bonds is 13. The van der Waals surface area contributed by atoms with Crippen LogP contribution in [-0.4, -0.2) is 48.4 Å². The van der Waals surface area contributed by atoms with Crippen molar-refractivity contribution in [3.63, 3.8) is 0 Å². The highest BCUT2D eigenvalue weighted by Gasteiger charge is 2.37. The molecule has 0 spiro atoms. The molecule has 1 aliphatic rings. The predicted molar refractivity (Wildman–Crippen MR) is 86.6 cm³/mol. The van der Waals surface area contributed by atoms with Gasteiger partial charge in [-0.05, 0) is 12.8 Å². The number of hydrogen-bond donors (Lipinski definition) is 2. The molecule has 144 valence electrons. The van der Waals surface area contributed by atoms with E-state index >= 15 is 0 Å². The summed E-state index contributed by atoms with van der Waals surface area (Å²) >= 11 is 0. The van der Waals surface area contributed by atoms with Crippen molar-refractivity contribution < 1.29 is 41.7 Å². The Morgan fingerprint density at radius 1 is 1.00 bits per heavy atom. The molecule has 1 aliphatic heterocycles. The van der Waals surface area contributed by atoms with Gasteiger partial charge >= 0.3 is 15.6 Å². The van der Waals surface area contributed by atoms with Crippen LogP contribution in [0.25, 0.3) is 0 Å². The Morgan fingerprint density at radius 2 is 1.58 bits per heavy atom. The van der Waals surface area contributed by atoms with E-state index in [1.54, 1.807) is 0 Å². The number of unbranched alkanes of at least 4 members (excludes halogenated alkanes) is 2. The Hall–Kier alpha value is 0.180. The van der Waals surface area contributed by atoms with E-state index in [9.17, 15) is 18.9 Å². The van der Waals surface area contributed by atoms with Gasteiger partial charge in [-0.1, -0.05) is 26.7 Å². The van der Waals surface area contributed by atoms with Crippen molar-refractivity contribution in [3.05, 3.63) is 0 Å². The third kappa shape index (κ3) is 9.04. The lowest BCUT2D eigenvalue weighted by Gasteiger charge is -2.22. The van der Waals surface area contributed by atoms with Crippen LogP contribution in [0.3, 0.4) is 0 Å². The van der Waals surface area contributed by atoms with Gasteiger partial charge in [-0.25, -0.2) is 9.13 Å². The van der Waals surface area contributed by atoms with E-state index in [2.05, 4.69) is 0 Å². The summed E-state index contributed by atoms with van der Waals surface area (Å²) < 4.78 is 48.5. The van der Waals surface area contributed by atoms with Crippen molar-refractivity contribution in [3.8, 4) is 0 Å². The largest absolute Gasteiger partial charge is 0.472 e. The molecule has 0 aliphatic carbocycles. The monoisotopic (exact) mass is 390 g/mol. The molecule has 0 aromatic rings.